The monoisotopic (exact) mass is 231 g/mol. The molecule has 0 radical (unpaired) electrons. The summed E-state index contributed by atoms with van der Waals surface area (Å²) in [4.78, 5) is 16.2. The molecule has 16 heavy (non-hydrogen) atoms. The Labute approximate surface area is 99.5 Å². The van der Waals surface area contributed by atoms with Crippen LogP contribution in [0, 0.1) is 6.92 Å². The maximum absolute atomic E-state index is 11.9. The first-order valence-electron chi connectivity index (χ1n) is 5.25. The van der Waals surface area contributed by atoms with E-state index in [1.165, 1.54) is 11.8 Å². The number of carbonyl (C=O) groups excluding carboxylic acids is 1. The van der Waals surface area contributed by atoms with Crippen molar-refractivity contribution in [2.75, 3.05) is 6.54 Å². The number of aryl methyl sites for hydroxylation is 1. The lowest BCUT2D eigenvalue weighted by Crippen LogP contribution is -2.01. The van der Waals surface area contributed by atoms with E-state index >= 15 is 0 Å². The summed E-state index contributed by atoms with van der Waals surface area (Å²) in [5.74, 6) is 0. The summed E-state index contributed by atoms with van der Waals surface area (Å²) in [5.41, 5.74) is 1.90. The van der Waals surface area contributed by atoms with Gasteiger partial charge < -0.3 is 0 Å². The minimum atomic E-state index is 0.0605. The number of hydrogen-bond donors (Lipinski definition) is 0. The van der Waals surface area contributed by atoms with Crippen LogP contribution in [-0.4, -0.2) is 16.7 Å². The van der Waals surface area contributed by atoms with Gasteiger partial charge in [-0.3, -0.25) is 9.79 Å². The molecule has 0 aliphatic carbocycles. The fourth-order valence-corrected chi connectivity index (χ4v) is 2.16. The molecule has 0 atom stereocenters. The molecule has 2 rings (SSSR count). The molecule has 0 saturated heterocycles. The molecule has 0 fully saturated rings. The van der Waals surface area contributed by atoms with Crippen LogP contribution in [-0.2, 0) is 0 Å². The molecule has 1 aromatic rings. The second kappa shape index (κ2) is 5.12. The van der Waals surface area contributed by atoms with Gasteiger partial charge in [0.05, 0.1) is 5.04 Å². The topological polar surface area (TPSA) is 29.4 Å². The zero-order valence-corrected chi connectivity index (χ0v) is 9.96. The van der Waals surface area contributed by atoms with Gasteiger partial charge in [-0.1, -0.05) is 35.9 Å². The molecule has 82 valence electrons. The predicted octanol–water partition coefficient (Wildman–Crippen LogP) is 3.23. The first-order chi connectivity index (χ1) is 7.75. The van der Waals surface area contributed by atoms with Crippen molar-refractivity contribution in [3.63, 3.8) is 0 Å². The minimum absolute atomic E-state index is 0.0605. The summed E-state index contributed by atoms with van der Waals surface area (Å²) in [6.45, 7) is 2.80. The van der Waals surface area contributed by atoms with Gasteiger partial charge in [0.15, 0.2) is 0 Å². The van der Waals surface area contributed by atoms with Crippen molar-refractivity contribution in [1.29, 1.82) is 0 Å². The van der Waals surface area contributed by atoms with Crippen LogP contribution in [0.1, 0.15) is 22.3 Å². The average molecular weight is 231 g/mol. The third-order valence-corrected chi connectivity index (χ3v) is 3.20. The molecule has 2 nitrogen and oxygen atoms in total. The highest BCUT2D eigenvalue weighted by Crippen LogP contribution is 2.17. The second-order valence-electron chi connectivity index (χ2n) is 3.67. The third-order valence-electron chi connectivity index (χ3n) is 2.31. The predicted molar refractivity (Wildman–Crippen MR) is 69.2 cm³/mol. The van der Waals surface area contributed by atoms with Crippen molar-refractivity contribution < 1.29 is 4.79 Å². The van der Waals surface area contributed by atoms with E-state index in [1.807, 2.05) is 37.3 Å². The molecule has 1 aromatic carbocycles. The number of nitrogens with zero attached hydrogens (tertiary/aromatic N) is 1. The van der Waals surface area contributed by atoms with Gasteiger partial charge in [0.25, 0.3) is 0 Å². The number of carbonyl (C=O) groups is 1. The molecule has 0 amide bonds. The van der Waals surface area contributed by atoms with E-state index in [0.29, 0.717) is 0 Å². The SMILES string of the molecule is Cc1ccc(C(=O)SC2=NCCC=C2)cc1. The van der Waals surface area contributed by atoms with Crippen LogP contribution in [0.5, 0.6) is 0 Å². The maximum Gasteiger partial charge on any atom is 0.225 e. The van der Waals surface area contributed by atoms with Gasteiger partial charge in [0.2, 0.25) is 5.12 Å². The Hall–Kier alpha value is -1.35. The smallest absolute Gasteiger partial charge is 0.225 e. The van der Waals surface area contributed by atoms with Crippen molar-refractivity contribution >= 4 is 21.9 Å². The van der Waals surface area contributed by atoms with Crippen molar-refractivity contribution in [1.82, 2.24) is 0 Å². The Balaban J connectivity index is 2.05. The molecule has 0 N–H and O–H groups in total. The van der Waals surface area contributed by atoms with Gasteiger partial charge in [0.1, 0.15) is 0 Å². The number of dihydropyridines is 1. The van der Waals surface area contributed by atoms with Gasteiger partial charge in [-0.15, -0.1) is 0 Å². The van der Waals surface area contributed by atoms with Crippen LogP contribution in [0.2, 0.25) is 0 Å². The van der Waals surface area contributed by atoms with Crippen LogP contribution in [0.15, 0.2) is 41.4 Å². The van der Waals surface area contributed by atoms with Gasteiger partial charge >= 0.3 is 0 Å². The number of benzene rings is 1. The first kappa shape index (κ1) is 11.1. The molecule has 3 heteroatoms. The van der Waals surface area contributed by atoms with E-state index in [-0.39, 0.29) is 5.12 Å². The number of rotatable bonds is 1. The maximum atomic E-state index is 11.9. The quantitative estimate of drug-likeness (QED) is 0.742. The van der Waals surface area contributed by atoms with Crippen molar-refractivity contribution in [3.8, 4) is 0 Å². The van der Waals surface area contributed by atoms with Gasteiger partial charge in [-0.2, -0.15) is 0 Å². The molecule has 1 aliphatic rings. The molecule has 0 saturated carbocycles. The fourth-order valence-electron chi connectivity index (χ4n) is 1.40. The van der Waals surface area contributed by atoms with E-state index < -0.39 is 0 Å². The lowest BCUT2D eigenvalue weighted by Gasteiger charge is -2.04. The lowest BCUT2D eigenvalue weighted by molar-refractivity contribution is 0.109. The number of aliphatic imine (C=N–C) groups is 1. The van der Waals surface area contributed by atoms with Crippen molar-refractivity contribution in [3.05, 3.63) is 47.5 Å². The Kier molecular flexibility index (Phi) is 3.57. The van der Waals surface area contributed by atoms with E-state index in [0.717, 1.165) is 29.1 Å². The summed E-state index contributed by atoms with van der Waals surface area (Å²) in [6, 6.07) is 7.62. The van der Waals surface area contributed by atoms with Crippen LogP contribution in [0.25, 0.3) is 0 Å². The largest absolute Gasteiger partial charge is 0.281 e. The van der Waals surface area contributed by atoms with Crippen molar-refractivity contribution in [2.24, 2.45) is 4.99 Å². The summed E-state index contributed by atoms with van der Waals surface area (Å²) >= 11 is 1.20. The van der Waals surface area contributed by atoms with Gasteiger partial charge in [-0.05, 0) is 31.2 Å². The third kappa shape index (κ3) is 2.83. The average Bonchev–Trinajstić information content (AvgIpc) is 2.31. The van der Waals surface area contributed by atoms with E-state index in [1.54, 1.807) is 0 Å². The van der Waals surface area contributed by atoms with Crippen LogP contribution in [0.3, 0.4) is 0 Å². The Morgan fingerprint density at radius 3 is 2.69 bits per heavy atom. The van der Waals surface area contributed by atoms with E-state index in [4.69, 9.17) is 0 Å². The lowest BCUT2D eigenvalue weighted by atomic mass is 10.2. The van der Waals surface area contributed by atoms with Crippen molar-refractivity contribution in [2.45, 2.75) is 13.3 Å². The highest BCUT2D eigenvalue weighted by atomic mass is 32.2. The highest BCUT2D eigenvalue weighted by Gasteiger charge is 2.10. The standard InChI is InChI=1S/C13H13NOS/c1-10-5-7-11(8-6-10)13(15)16-12-4-2-3-9-14-12/h2,4-8H,3,9H2,1H3. The fraction of sp³-hybridized carbons (Fsp3) is 0.231. The molecule has 0 aromatic heterocycles. The Morgan fingerprint density at radius 1 is 1.31 bits per heavy atom. The van der Waals surface area contributed by atoms with E-state index in [2.05, 4.69) is 11.1 Å². The van der Waals surface area contributed by atoms with Crippen LogP contribution >= 0.6 is 11.8 Å². The number of hydrogen-bond acceptors (Lipinski definition) is 3. The molecule has 0 spiro atoms. The minimum Gasteiger partial charge on any atom is -0.281 e. The zero-order chi connectivity index (χ0) is 11.4. The molecule has 0 unspecified atom stereocenters. The summed E-state index contributed by atoms with van der Waals surface area (Å²) in [7, 11) is 0. The summed E-state index contributed by atoms with van der Waals surface area (Å²) in [6.07, 6.45) is 4.95. The first-order valence-corrected chi connectivity index (χ1v) is 6.07. The number of thioether (sulfide) groups is 1. The normalized spacial score (nSPS) is 14.7. The molecular formula is C13H13NOS. The van der Waals surface area contributed by atoms with Crippen LogP contribution < -0.4 is 0 Å². The molecule has 1 aliphatic heterocycles. The van der Waals surface area contributed by atoms with Gasteiger partial charge in [0, 0.05) is 12.1 Å². The summed E-state index contributed by atoms with van der Waals surface area (Å²) in [5, 5.41) is 0.877. The van der Waals surface area contributed by atoms with Gasteiger partial charge in [-0.25, -0.2) is 0 Å². The molecule has 1 heterocycles. The molecular weight excluding hydrogens is 218 g/mol. The Morgan fingerprint density at radius 2 is 2.06 bits per heavy atom. The van der Waals surface area contributed by atoms with Crippen LogP contribution in [0.4, 0.5) is 0 Å². The second-order valence-corrected chi connectivity index (χ2v) is 4.66. The highest BCUT2D eigenvalue weighted by molar-refractivity contribution is 8.27. The Bertz CT molecular complexity index is 446. The summed E-state index contributed by atoms with van der Waals surface area (Å²) < 4.78 is 0. The molecule has 0 bridgehead atoms. The van der Waals surface area contributed by atoms with E-state index in [9.17, 15) is 4.79 Å². The zero-order valence-electron chi connectivity index (χ0n) is 9.14.